The summed E-state index contributed by atoms with van der Waals surface area (Å²) in [6.45, 7) is 3.99. The molecule has 1 heterocycles. The molecule has 0 spiro atoms. The maximum Gasteiger partial charge on any atom is 0.250 e. The molecule has 0 amide bonds. The van der Waals surface area contributed by atoms with Gasteiger partial charge in [-0.05, 0) is 50.5 Å². The van der Waals surface area contributed by atoms with Gasteiger partial charge in [0.2, 0.25) is 5.56 Å². The number of nitrogens with one attached hydrogen (secondary N) is 2. The molecule has 6 heteroatoms. The largest absolute Gasteiger partial charge is 0.356 e. The minimum atomic E-state index is 0. The Kier molecular flexibility index (Phi) is 10.1. The molecular formula is C18H31IN4O. The molecule has 1 aliphatic rings. The molecule has 0 atom stereocenters. The summed E-state index contributed by atoms with van der Waals surface area (Å²) in [6.07, 6.45) is 8.93. The molecule has 0 saturated heterocycles. The van der Waals surface area contributed by atoms with Crippen LogP contribution < -0.4 is 16.2 Å². The number of pyridine rings is 1. The predicted octanol–water partition coefficient (Wildman–Crippen LogP) is 2.99. The Hall–Kier alpha value is -1.05. The third-order valence-corrected chi connectivity index (χ3v) is 4.60. The van der Waals surface area contributed by atoms with Crippen molar-refractivity contribution >= 4 is 29.9 Å². The van der Waals surface area contributed by atoms with Crippen molar-refractivity contribution in [2.45, 2.75) is 58.0 Å². The van der Waals surface area contributed by atoms with E-state index in [0.29, 0.717) is 6.04 Å². The molecule has 2 N–H and O–H groups in total. The smallest absolute Gasteiger partial charge is 0.250 e. The Morgan fingerprint density at radius 3 is 2.67 bits per heavy atom. The number of guanidine groups is 1. The molecule has 0 unspecified atom stereocenters. The normalized spacial score (nSPS) is 21.0. The van der Waals surface area contributed by atoms with Gasteiger partial charge in [0.05, 0.1) is 0 Å². The fourth-order valence-electron chi connectivity index (χ4n) is 3.05. The van der Waals surface area contributed by atoms with Gasteiger partial charge in [0.15, 0.2) is 5.96 Å². The summed E-state index contributed by atoms with van der Waals surface area (Å²) in [5, 5.41) is 6.91. The van der Waals surface area contributed by atoms with Crippen LogP contribution in [0.3, 0.4) is 0 Å². The van der Waals surface area contributed by atoms with Crippen LogP contribution in [0.4, 0.5) is 0 Å². The lowest BCUT2D eigenvalue weighted by Gasteiger charge is -2.28. The fourth-order valence-corrected chi connectivity index (χ4v) is 3.05. The molecule has 0 aliphatic heterocycles. The topological polar surface area (TPSA) is 58.4 Å². The van der Waals surface area contributed by atoms with Gasteiger partial charge in [-0.1, -0.05) is 13.0 Å². The van der Waals surface area contributed by atoms with Gasteiger partial charge in [-0.15, -0.1) is 24.0 Å². The summed E-state index contributed by atoms with van der Waals surface area (Å²) in [4.78, 5) is 15.9. The third kappa shape index (κ3) is 7.23. The zero-order valence-corrected chi connectivity index (χ0v) is 17.2. The Balaban J connectivity index is 0.00000288. The number of hydrogen-bond acceptors (Lipinski definition) is 2. The van der Waals surface area contributed by atoms with Crippen LogP contribution in [-0.2, 0) is 6.54 Å². The molecule has 1 aromatic heterocycles. The van der Waals surface area contributed by atoms with Crippen LogP contribution in [0.15, 0.2) is 34.2 Å². The molecule has 1 saturated carbocycles. The maximum absolute atomic E-state index is 11.6. The van der Waals surface area contributed by atoms with Crippen molar-refractivity contribution in [2.75, 3.05) is 13.6 Å². The third-order valence-electron chi connectivity index (χ3n) is 4.60. The molecular weight excluding hydrogens is 415 g/mol. The number of unbranched alkanes of at least 4 members (excludes halogenated alkanes) is 1. The molecule has 0 radical (unpaired) electrons. The molecule has 0 bridgehead atoms. The van der Waals surface area contributed by atoms with Gasteiger partial charge >= 0.3 is 0 Å². The van der Waals surface area contributed by atoms with Crippen LogP contribution in [0.5, 0.6) is 0 Å². The first-order valence-corrected chi connectivity index (χ1v) is 8.81. The van der Waals surface area contributed by atoms with Gasteiger partial charge in [0.1, 0.15) is 0 Å². The maximum atomic E-state index is 11.6. The number of aromatic nitrogens is 1. The van der Waals surface area contributed by atoms with E-state index in [2.05, 4.69) is 22.5 Å². The van der Waals surface area contributed by atoms with E-state index < -0.39 is 0 Å². The second-order valence-corrected chi connectivity index (χ2v) is 6.54. The van der Waals surface area contributed by atoms with E-state index in [1.165, 1.54) is 25.7 Å². The molecule has 2 rings (SSSR count). The summed E-state index contributed by atoms with van der Waals surface area (Å²) in [6, 6.07) is 5.84. The molecule has 0 aromatic carbocycles. The Labute approximate surface area is 162 Å². The van der Waals surface area contributed by atoms with Gasteiger partial charge in [-0.25, -0.2) is 0 Å². The number of halogens is 1. The van der Waals surface area contributed by atoms with E-state index in [0.717, 1.165) is 37.8 Å². The predicted molar refractivity (Wildman–Crippen MR) is 111 cm³/mol. The second kappa shape index (κ2) is 11.5. The van der Waals surface area contributed by atoms with Gasteiger partial charge in [-0.2, -0.15) is 0 Å². The standard InChI is InChI=1S/C18H30N4O.HI/c1-15-8-10-16(11-9-15)21-18(19-2)20-12-4-6-14-22-13-5-3-7-17(22)23;/h3,5,7,13,15-16H,4,6,8-12,14H2,1-2H3,(H2,19,20,21);1H. The lowest BCUT2D eigenvalue weighted by Crippen LogP contribution is -2.45. The van der Waals surface area contributed by atoms with E-state index in [-0.39, 0.29) is 29.5 Å². The lowest BCUT2D eigenvalue weighted by molar-refractivity contribution is 0.329. The summed E-state index contributed by atoms with van der Waals surface area (Å²) in [7, 11) is 1.82. The lowest BCUT2D eigenvalue weighted by atomic mass is 9.87. The quantitative estimate of drug-likeness (QED) is 0.306. The van der Waals surface area contributed by atoms with Crippen LogP contribution >= 0.6 is 24.0 Å². The average molecular weight is 446 g/mol. The van der Waals surface area contributed by atoms with E-state index in [1.54, 1.807) is 16.7 Å². The fraction of sp³-hybridized carbons (Fsp3) is 0.667. The average Bonchev–Trinajstić information content (AvgIpc) is 2.57. The van der Waals surface area contributed by atoms with E-state index in [4.69, 9.17) is 0 Å². The van der Waals surface area contributed by atoms with Crippen LogP contribution in [0.25, 0.3) is 0 Å². The van der Waals surface area contributed by atoms with Gasteiger partial charge in [0, 0.05) is 38.4 Å². The summed E-state index contributed by atoms with van der Waals surface area (Å²) in [5.41, 5.74) is 0.0736. The number of nitrogens with zero attached hydrogens (tertiary/aromatic N) is 2. The van der Waals surface area contributed by atoms with Gasteiger partial charge < -0.3 is 15.2 Å². The van der Waals surface area contributed by atoms with E-state index >= 15 is 0 Å². The zero-order chi connectivity index (χ0) is 16.5. The first kappa shape index (κ1) is 21.0. The molecule has 1 aliphatic carbocycles. The second-order valence-electron chi connectivity index (χ2n) is 6.54. The first-order valence-electron chi connectivity index (χ1n) is 8.81. The van der Waals surface area contributed by atoms with Crippen LogP contribution in [0, 0.1) is 5.92 Å². The molecule has 1 aromatic rings. The van der Waals surface area contributed by atoms with Crippen molar-refractivity contribution in [1.82, 2.24) is 15.2 Å². The van der Waals surface area contributed by atoms with Crippen molar-refractivity contribution in [3.63, 3.8) is 0 Å². The van der Waals surface area contributed by atoms with Crippen molar-refractivity contribution in [2.24, 2.45) is 10.9 Å². The first-order chi connectivity index (χ1) is 11.2. The van der Waals surface area contributed by atoms with Crippen molar-refractivity contribution in [3.05, 3.63) is 34.7 Å². The Bertz CT molecular complexity index is 550. The minimum Gasteiger partial charge on any atom is -0.356 e. The highest BCUT2D eigenvalue weighted by atomic mass is 127. The highest BCUT2D eigenvalue weighted by molar-refractivity contribution is 14.0. The van der Waals surface area contributed by atoms with Crippen molar-refractivity contribution < 1.29 is 0 Å². The van der Waals surface area contributed by atoms with E-state index in [9.17, 15) is 4.79 Å². The Morgan fingerprint density at radius 2 is 2.00 bits per heavy atom. The highest BCUT2D eigenvalue weighted by Gasteiger charge is 2.18. The summed E-state index contributed by atoms with van der Waals surface area (Å²) < 4.78 is 1.76. The molecule has 136 valence electrons. The van der Waals surface area contributed by atoms with Crippen LogP contribution in [0.2, 0.25) is 0 Å². The van der Waals surface area contributed by atoms with Gasteiger partial charge in [0.25, 0.3) is 0 Å². The monoisotopic (exact) mass is 446 g/mol. The zero-order valence-electron chi connectivity index (χ0n) is 14.8. The highest BCUT2D eigenvalue weighted by Crippen LogP contribution is 2.23. The minimum absolute atomic E-state index is 0. The van der Waals surface area contributed by atoms with E-state index in [1.807, 2.05) is 19.3 Å². The van der Waals surface area contributed by atoms with Crippen molar-refractivity contribution in [1.29, 1.82) is 0 Å². The summed E-state index contributed by atoms with van der Waals surface area (Å²) in [5.74, 6) is 1.77. The summed E-state index contributed by atoms with van der Waals surface area (Å²) >= 11 is 0. The molecule has 24 heavy (non-hydrogen) atoms. The van der Waals surface area contributed by atoms with Crippen LogP contribution in [0.1, 0.15) is 45.4 Å². The molecule has 5 nitrogen and oxygen atoms in total. The Morgan fingerprint density at radius 1 is 1.25 bits per heavy atom. The number of aliphatic imine (C=N–C) groups is 1. The molecule has 1 fully saturated rings. The van der Waals surface area contributed by atoms with Gasteiger partial charge in [-0.3, -0.25) is 9.79 Å². The van der Waals surface area contributed by atoms with Crippen LogP contribution in [-0.4, -0.2) is 30.2 Å². The number of rotatable bonds is 6. The SMILES string of the molecule is CN=C(NCCCCn1ccccc1=O)NC1CCC(C)CC1.I. The number of aryl methyl sites for hydroxylation is 1. The van der Waals surface area contributed by atoms with Crippen molar-refractivity contribution in [3.8, 4) is 0 Å². The number of hydrogen-bond donors (Lipinski definition) is 2.